The Kier molecular flexibility index (Phi) is 6.60. The molecule has 0 radical (unpaired) electrons. The highest BCUT2D eigenvalue weighted by Gasteiger charge is 2.30. The number of aryl methyl sites for hydroxylation is 1. The normalized spacial score (nSPS) is 17.4. The number of carbonyl (C=O) groups excluding carboxylic acids is 1. The Morgan fingerprint density at radius 3 is 2.81 bits per heavy atom. The first-order chi connectivity index (χ1) is 15.6. The molecular weight excluding hydrogens is 404 g/mol. The molecule has 2 aromatic heterocycles. The number of anilines is 3. The number of benzene rings is 1. The van der Waals surface area contributed by atoms with Crippen molar-refractivity contribution in [2.75, 3.05) is 10.6 Å². The van der Waals surface area contributed by atoms with Crippen LogP contribution in [0.25, 0.3) is 0 Å². The maximum absolute atomic E-state index is 12.6. The molecule has 8 heteroatoms. The lowest BCUT2D eigenvalue weighted by atomic mass is 10.2. The second-order valence-electron chi connectivity index (χ2n) is 7.72. The van der Waals surface area contributed by atoms with Crippen LogP contribution in [-0.4, -0.2) is 34.4 Å². The van der Waals surface area contributed by atoms with Crippen molar-refractivity contribution >= 4 is 29.4 Å². The zero-order chi connectivity index (χ0) is 22.3. The van der Waals surface area contributed by atoms with Gasteiger partial charge in [-0.25, -0.2) is 9.78 Å². The Hall–Kier alpha value is -3.94. The van der Waals surface area contributed by atoms with E-state index < -0.39 is 0 Å². The van der Waals surface area contributed by atoms with Gasteiger partial charge >= 0.3 is 6.03 Å². The van der Waals surface area contributed by atoms with Crippen molar-refractivity contribution in [2.24, 2.45) is 0 Å². The molecule has 4 N–H and O–H groups in total. The van der Waals surface area contributed by atoms with Gasteiger partial charge in [0.15, 0.2) is 0 Å². The van der Waals surface area contributed by atoms with Crippen LogP contribution in [-0.2, 0) is 0 Å². The van der Waals surface area contributed by atoms with Crippen LogP contribution in [0.2, 0.25) is 0 Å². The first kappa shape index (κ1) is 21.3. The number of para-hydroxylation sites is 1. The van der Waals surface area contributed by atoms with Gasteiger partial charge in [0.05, 0.1) is 17.9 Å². The molecule has 8 nitrogen and oxygen atoms in total. The van der Waals surface area contributed by atoms with E-state index in [1.807, 2.05) is 49.4 Å². The number of rotatable bonds is 7. The SMILES string of the molecule is Cc1cc(Nc2cnc(NC(=O)N[C@H]3CCC[C@@H]3Oc3ccccc3)cc2C=N)ccn1.[HH].[HH]. The second kappa shape index (κ2) is 9.91. The fraction of sp³-hybridized carbons (Fsp3) is 0.250. The molecule has 0 saturated heterocycles. The zero-order valence-corrected chi connectivity index (χ0v) is 17.8. The van der Waals surface area contributed by atoms with E-state index in [-0.39, 0.29) is 21.0 Å². The number of hydrogen-bond acceptors (Lipinski definition) is 6. The smallest absolute Gasteiger partial charge is 0.320 e. The van der Waals surface area contributed by atoms with Gasteiger partial charge in [0.1, 0.15) is 17.7 Å². The van der Waals surface area contributed by atoms with Gasteiger partial charge in [0.2, 0.25) is 0 Å². The molecule has 0 aliphatic heterocycles. The monoisotopic (exact) mass is 434 g/mol. The number of aromatic nitrogens is 2. The Bertz CT molecular complexity index is 1100. The molecule has 3 aromatic rings. The molecular formula is C24H30N6O2. The Morgan fingerprint density at radius 1 is 1.19 bits per heavy atom. The third-order valence-corrected chi connectivity index (χ3v) is 5.31. The van der Waals surface area contributed by atoms with Gasteiger partial charge in [-0.15, -0.1) is 0 Å². The van der Waals surface area contributed by atoms with E-state index in [2.05, 4.69) is 25.9 Å². The molecule has 2 amide bonds. The highest BCUT2D eigenvalue weighted by molar-refractivity contribution is 5.92. The molecule has 4 rings (SSSR count). The van der Waals surface area contributed by atoms with Crippen molar-refractivity contribution < 1.29 is 12.4 Å². The predicted molar refractivity (Wildman–Crippen MR) is 129 cm³/mol. The number of nitrogens with one attached hydrogen (secondary N) is 4. The summed E-state index contributed by atoms with van der Waals surface area (Å²) in [4.78, 5) is 21.1. The summed E-state index contributed by atoms with van der Waals surface area (Å²) in [5.41, 5.74) is 3.02. The number of hydrogen-bond donors (Lipinski definition) is 4. The number of urea groups is 1. The molecule has 1 aliphatic carbocycles. The average Bonchev–Trinajstić information content (AvgIpc) is 3.21. The van der Waals surface area contributed by atoms with Crippen LogP contribution in [0.3, 0.4) is 0 Å². The first-order valence-electron chi connectivity index (χ1n) is 10.6. The molecule has 2 atom stereocenters. The number of nitrogens with zero attached hydrogens (tertiary/aromatic N) is 2. The molecule has 1 saturated carbocycles. The van der Waals surface area contributed by atoms with Crippen LogP contribution in [0.4, 0.5) is 22.0 Å². The van der Waals surface area contributed by atoms with E-state index in [1.165, 1.54) is 6.21 Å². The highest BCUT2D eigenvalue weighted by Crippen LogP contribution is 2.25. The van der Waals surface area contributed by atoms with Crippen LogP contribution in [0.1, 0.15) is 33.4 Å². The van der Waals surface area contributed by atoms with E-state index in [9.17, 15) is 4.79 Å². The van der Waals surface area contributed by atoms with E-state index in [1.54, 1.807) is 18.5 Å². The summed E-state index contributed by atoms with van der Waals surface area (Å²) in [7, 11) is 0. The van der Waals surface area contributed by atoms with Gasteiger partial charge in [0, 0.05) is 32.2 Å². The van der Waals surface area contributed by atoms with Gasteiger partial charge < -0.3 is 20.8 Å². The molecule has 0 unspecified atom stereocenters. The molecule has 2 heterocycles. The quantitative estimate of drug-likeness (QED) is 0.385. The number of carbonyl (C=O) groups is 1. The third kappa shape index (κ3) is 5.40. The van der Waals surface area contributed by atoms with E-state index in [0.717, 1.165) is 36.4 Å². The van der Waals surface area contributed by atoms with Crippen LogP contribution in [0, 0.1) is 12.3 Å². The van der Waals surface area contributed by atoms with Crippen LogP contribution >= 0.6 is 0 Å². The number of pyridine rings is 2. The molecule has 1 aromatic carbocycles. The van der Waals surface area contributed by atoms with Crippen molar-refractivity contribution in [3.63, 3.8) is 0 Å². The van der Waals surface area contributed by atoms with Crippen LogP contribution < -0.4 is 20.7 Å². The molecule has 1 fully saturated rings. The zero-order valence-electron chi connectivity index (χ0n) is 17.8. The van der Waals surface area contributed by atoms with Crippen LogP contribution in [0.5, 0.6) is 5.75 Å². The molecule has 168 valence electrons. The fourth-order valence-electron chi connectivity index (χ4n) is 3.77. The van der Waals surface area contributed by atoms with E-state index >= 15 is 0 Å². The minimum Gasteiger partial charge on any atom is -0.488 e. The van der Waals surface area contributed by atoms with Crippen molar-refractivity contribution in [3.05, 3.63) is 72.2 Å². The molecule has 0 spiro atoms. The van der Waals surface area contributed by atoms with E-state index in [4.69, 9.17) is 10.1 Å². The lowest BCUT2D eigenvalue weighted by Gasteiger charge is -2.22. The Balaban J connectivity index is 0.00000204. The van der Waals surface area contributed by atoms with Gasteiger partial charge in [-0.05, 0) is 56.5 Å². The van der Waals surface area contributed by atoms with Crippen molar-refractivity contribution in [1.29, 1.82) is 5.41 Å². The standard InChI is InChI=1S/C24H26N6O2.2H2/c1-16-12-18(10-11-26-16)28-21-15-27-23(13-17(21)14-25)30-24(31)29-20-8-5-9-22(20)32-19-6-3-2-4-7-19;;/h2-4,6-7,10-15,20,22,25H,5,8-9H2,1H3,(H,26,28)(H2,27,29,30,31);2*1H/t20-,22-;;/m0../s1. The summed E-state index contributed by atoms with van der Waals surface area (Å²) in [5, 5.41) is 16.7. The average molecular weight is 435 g/mol. The highest BCUT2D eigenvalue weighted by atomic mass is 16.5. The molecule has 0 bridgehead atoms. The minimum atomic E-state index is -0.340. The summed E-state index contributed by atoms with van der Waals surface area (Å²) in [5.74, 6) is 1.17. The molecule has 1 aliphatic rings. The summed E-state index contributed by atoms with van der Waals surface area (Å²) in [6.07, 6.45) is 7.22. The van der Waals surface area contributed by atoms with Crippen molar-refractivity contribution in [1.82, 2.24) is 15.3 Å². The van der Waals surface area contributed by atoms with E-state index in [0.29, 0.717) is 17.1 Å². The van der Waals surface area contributed by atoms with Crippen molar-refractivity contribution in [3.8, 4) is 5.75 Å². The second-order valence-corrected chi connectivity index (χ2v) is 7.72. The number of ether oxygens (including phenoxy) is 1. The number of amides is 2. The fourth-order valence-corrected chi connectivity index (χ4v) is 3.77. The van der Waals surface area contributed by atoms with Gasteiger partial charge in [-0.3, -0.25) is 10.3 Å². The minimum absolute atomic E-state index is 0. The Morgan fingerprint density at radius 2 is 2.03 bits per heavy atom. The van der Waals surface area contributed by atoms with Gasteiger partial charge in [-0.1, -0.05) is 18.2 Å². The van der Waals surface area contributed by atoms with Gasteiger partial charge in [0.25, 0.3) is 0 Å². The van der Waals surface area contributed by atoms with Crippen molar-refractivity contribution in [2.45, 2.75) is 38.3 Å². The van der Waals surface area contributed by atoms with Gasteiger partial charge in [-0.2, -0.15) is 0 Å². The maximum atomic E-state index is 12.6. The van der Waals surface area contributed by atoms with Crippen LogP contribution in [0.15, 0.2) is 60.9 Å². The lowest BCUT2D eigenvalue weighted by Crippen LogP contribution is -2.44. The maximum Gasteiger partial charge on any atom is 0.320 e. The summed E-state index contributed by atoms with van der Waals surface area (Å²) >= 11 is 0. The summed E-state index contributed by atoms with van der Waals surface area (Å²) < 4.78 is 6.06. The topological polar surface area (TPSA) is 112 Å². The molecule has 32 heavy (non-hydrogen) atoms. The lowest BCUT2D eigenvalue weighted by molar-refractivity contribution is 0.175. The third-order valence-electron chi connectivity index (χ3n) is 5.31. The predicted octanol–water partition coefficient (Wildman–Crippen LogP) is 5.14. The first-order valence-corrected chi connectivity index (χ1v) is 10.6. The summed E-state index contributed by atoms with van der Waals surface area (Å²) in [6, 6.07) is 14.6. The summed E-state index contributed by atoms with van der Waals surface area (Å²) in [6.45, 7) is 1.91. The largest absolute Gasteiger partial charge is 0.488 e. The Labute approximate surface area is 189 Å².